The lowest BCUT2D eigenvalue weighted by molar-refractivity contribution is -0.127. The molecule has 0 radical (unpaired) electrons. The molecule has 1 amide bonds. The highest BCUT2D eigenvalue weighted by Crippen LogP contribution is 2.20. The number of aromatic nitrogens is 2. The van der Waals surface area contributed by atoms with Crippen molar-refractivity contribution in [3.63, 3.8) is 0 Å². The summed E-state index contributed by atoms with van der Waals surface area (Å²) < 4.78 is 14.1. The van der Waals surface area contributed by atoms with E-state index in [1.54, 1.807) is 0 Å². The van der Waals surface area contributed by atoms with Gasteiger partial charge in [0.25, 0.3) is 0 Å². The van der Waals surface area contributed by atoms with E-state index in [-0.39, 0.29) is 17.6 Å². The average molecular weight is 342 g/mol. The zero-order valence-electron chi connectivity index (χ0n) is 14.4. The lowest BCUT2D eigenvalue weighted by atomic mass is 10.1. The first-order chi connectivity index (χ1) is 12.2. The van der Waals surface area contributed by atoms with E-state index in [9.17, 15) is 9.18 Å². The molecule has 1 unspecified atom stereocenters. The molecule has 25 heavy (non-hydrogen) atoms. The maximum atomic E-state index is 14.1. The summed E-state index contributed by atoms with van der Waals surface area (Å²) in [5.41, 5.74) is 1.64. The van der Waals surface area contributed by atoms with Crippen molar-refractivity contribution >= 4 is 11.7 Å². The Hall–Kier alpha value is -2.50. The highest BCUT2D eigenvalue weighted by atomic mass is 19.1. The van der Waals surface area contributed by atoms with Crippen LogP contribution < -0.4 is 5.32 Å². The predicted molar refractivity (Wildman–Crippen MR) is 94.7 cm³/mol. The Labute approximate surface area is 147 Å². The van der Waals surface area contributed by atoms with Crippen LogP contribution in [0.1, 0.15) is 24.6 Å². The van der Waals surface area contributed by atoms with Crippen LogP contribution in [-0.2, 0) is 17.6 Å². The van der Waals surface area contributed by atoms with Crippen LogP contribution in [0.25, 0.3) is 0 Å². The van der Waals surface area contributed by atoms with E-state index in [0.717, 1.165) is 13.0 Å². The Morgan fingerprint density at radius 3 is 2.84 bits per heavy atom. The molecule has 1 atom stereocenters. The first-order valence-corrected chi connectivity index (χ1v) is 8.72. The summed E-state index contributed by atoms with van der Waals surface area (Å²) in [4.78, 5) is 22.0. The first-order valence-electron chi connectivity index (χ1n) is 8.72. The molecule has 3 rings (SSSR count). The van der Waals surface area contributed by atoms with Gasteiger partial charge in [-0.15, -0.1) is 0 Å². The number of aryl methyl sites for hydroxylation is 1. The van der Waals surface area contributed by atoms with Gasteiger partial charge in [0.05, 0.1) is 5.69 Å². The highest BCUT2D eigenvalue weighted by molar-refractivity contribution is 5.78. The predicted octanol–water partition coefficient (Wildman–Crippen LogP) is 2.68. The Morgan fingerprint density at radius 1 is 1.28 bits per heavy atom. The summed E-state index contributed by atoms with van der Waals surface area (Å²) in [6.07, 6.45) is 3.25. The molecule has 1 aliphatic heterocycles. The number of hydrogen-bond donors (Lipinski definition) is 1. The van der Waals surface area contributed by atoms with Crippen LogP contribution in [0.3, 0.4) is 0 Å². The lowest BCUT2D eigenvalue weighted by Crippen LogP contribution is -2.28. The molecular weight excluding hydrogens is 319 g/mol. The Morgan fingerprint density at radius 2 is 2.08 bits per heavy atom. The average Bonchev–Trinajstić information content (AvgIpc) is 3.00. The van der Waals surface area contributed by atoms with Crippen molar-refractivity contribution < 1.29 is 9.18 Å². The highest BCUT2D eigenvalue weighted by Gasteiger charge is 2.29. The van der Waals surface area contributed by atoms with Gasteiger partial charge in [-0.05, 0) is 18.4 Å². The SMILES string of the molecule is CCc1ncnc(NCC2CC(=O)N(CCc3ccccc3)C2)c1F. The zero-order chi connectivity index (χ0) is 17.6. The maximum Gasteiger partial charge on any atom is 0.223 e. The van der Waals surface area contributed by atoms with Crippen LogP contribution in [0.15, 0.2) is 36.7 Å². The van der Waals surface area contributed by atoms with Gasteiger partial charge >= 0.3 is 0 Å². The van der Waals surface area contributed by atoms with Gasteiger partial charge in [0, 0.05) is 32.0 Å². The minimum Gasteiger partial charge on any atom is -0.367 e. The zero-order valence-corrected chi connectivity index (χ0v) is 14.4. The largest absolute Gasteiger partial charge is 0.367 e. The third-order valence-corrected chi connectivity index (χ3v) is 4.56. The fourth-order valence-electron chi connectivity index (χ4n) is 3.13. The molecule has 2 heterocycles. The number of benzene rings is 1. The number of carbonyl (C=O) groups is 1. The van der Waals surface area contributed by atoms with Crippen LogP contribution in [0.4, 0.5) is 10.2 Å². The van der Waals surface area contributed by atoms with Crippen LogP contribution in [0.2, 0.25) is 0 Å². The molecule has 0 bridgehead atoms. The van der Waals surface area contributed by atoms with Gasteiger partial charge in [-0.2, -0.15) is 0 Å². The van der Waals surface area contributed by atoms with E-state index in [1.165, 1.54) is 11.9 Å². The van der Waals surface area contributed by atoms with Gasteiger partial charge in [-0.3, -0.25) is 4.79 Å². The van der Waals surface area contributed by atoms with Gasteiger partial charge in [-0.1, -0.05) is 37.3 Å². The quantitative estimate of drug-likeness (QED) is 0.840. The first kappa shape index (κ1) is 17.3. The topological polar surface area (TPSA) is 58.1 Å². The number of amides is 1. The summed E-state index contributed by atoms with van der Waals surface area (Å²) in [7, 11) is 0. The minimum absolute atomic E-state index is 0.167. The molecule has 2 aromatic rings. The molecule has 1 saturated heterocycles. The molecule has 6 heteroatoms. The van der Waals surface area contributed by atoms with E-state index < -0.39 is 5.82 Å². The van der Waals surface area contributed by atoms with E-state index in [0.29, 0.717) is 31.6 Å². The van der Waals surface area contributed by atoms with Crippen LogP contribution in [-0.4, -0.2) is 40.4 Å². The number of anilines is 1. The molecule has 1 N–H and O–H groups in total. The fraction of sp³-hybridized carbons (Fsp3) is 0.421. The summed E-state index contributed by atoms with van der Waals surface area (Å²) in [6, 6.07) is 10.2. The van der Waals surface area contributed by atoms with Crippen molar-refractivity contribution in [3.8, 4) is 0 Å². The number of hydrogen-bond acceptors (Lipinski definition) is 4. The second-order valence-corrected chi connectivity index (χ2v) is 6.36. The van der Waals surface area contributed by atoms with E-state index in [4.69, 9.17) is 0 Å². The van der Waals surface area contributed by atoms with E-state index in [2.05, 4.69) is 27.4 Å². The van der Waals surface area contributed by atoms with Crippen molar-refractivity contribution in [2.45, 2.75) is 26.2 Å². The van der Waals surface area contributed by atoms with Gasteiger partial charge in [-0.25, -0.2) is 14.4 Å². The van der Waals surface area contributed by atoms with Gasteiger partial charge < -0.3 is 10.2 Å². The molecule has 132 valence electrons. The molecule has 1 aliphatic rings. The standard InChI is InChI=1S/C19H23FN4O/c1-2-16-18(20)19(23-13-22-16)21-11-15-10-17(25)24(12-15)9-8-14-6-4-3-5-7-14/h3-7,13,15H,2,8-12H2,1H3,(H,21,22,23). The second kappa shape index (κ2) is 8.05. The van der Waals surface area contributed by atoms with Crippen molar-refractivity contribution in [2.24, 2.45) is 5.92 Å². The molecule has 1 aromatic carbocycles. The second-order valence-electron chi connectivity index (χ2n) is 6.36. The fourth-order valence-corrected chi connectivity index (χ4v) is 3.13. The third kappa shape index (κ3) is 4.32. The molecular formula is C19H23FN4O. The number of carbonyl (C=O) groups excluding carboxylic acids is 1. The Balaban J connectivity index is 1.51. The van der Waals surface area contributed by atoms with Gasteiger partial charge in [0.2, 0.25) is 5.91 Å². The molecule has 0 aliphatic carbocycles. The van der Waals surface area contributed by atoms with Crippen molar-refractivity contribution in [1.82, 2.24) is 14.9 Å². The monoisotopic (exact) mass is 342 g/mol. The smallest absolute Gasteiger partial charge is 0.223 e. The molecule has 0 saturated carbocycles. The van der Waals surface area contributed by atoms with Crippen LogP contribution in [0, 0.1) is 11.7 Å². The van der Waals surface area contributed by atoms with Crippen LogP contribution in [0.5, 0.6) is 0 Å². The normalized spacial score (nSPS) is 17.1. The number of nitrogens with zero attached hydrogens (tertiary/aromatic N) is 3. The summed E-state index contributed by atoms with van der Waals surface area (Å²) in [5, 5.41) is 3.04. The number of likely N-dealkylation sites (tertiary alicyclic amines) is 1. The van der Waals surface area contributed by atoms with Crippen LogP contribution >= 0.6 is 0 Å². The van der Waals surface area contributed by atoms with Gasteiger partial charge in [0.15, 0.2) is 11.6 Å². The third-order valence-electron chi connectivity index (χ3n) is 4.56. The Kier molecular flexibility index (Phi) is 5.58. The number of rotatable bonds is 7. The van der Waals surface area contributed by atoms with Crippen molar-refractivity contribution in [1.29, 1.82) is 0 Å². The Bertz CT molecular complexity index is 723. The summed E-state index contributed by atoms with van der Waals surface area (Å²) in [6.45, 7) is 3.81. The van der Waals surface area contributed by atoms with E-state index in [1.807, 2.05) is 30.0 Å². The molecule has 1 fully saturated rings. The molecule has 0 spiro atoms. The van der Waals surface area contributed by atoms with Gasteiger partial charge in [0.1, 0.15) is 6.33 Å². The van der Waals surface area contributed by atoms with Crippen molar-refractivity contribution in [2.75, 3.05) is 25.0 Å². The van der Waals surface area contributed by atoms with E-state index >= 15 is 0 Å². The molecule has 1 aromatic heterocycles. The number of nitrogens with one attached hydrogen (secondary N) is 1. The van der Waals surface area contributed by atoms with Crippen molar-refractivity contribution in [3.05, 3.63) is 53.7 Å². The minimum atomic E-state index is -0.393. The lowest BCUT2D eigenvalue weighted by Gasteiger charge is -2.17. The molecule has 5 nitrogen and oxygen atoms in total. The maximum absolute atomic E-state index is 14.1. The number of halogens is 1. The summed E-state index contributed by atoms with van der Waals surface area (Å²) in [5.74, 6) is 0.167. The summed E-state index contributed by atoms with van der Waals surface area (Å²) >= 11 is 0.